The molecule has 2 aromatic carbocycles. The third-order valence-electron chi connectivity index (χ3n) is 2.84. The summed E-state index contributed by atoms with van der Waals surface area (Å²) in [6, 6.07) is 13.5. The van der Waals surface area contributed by atoms with E-state index in [2.05, 4.69) is 0 Å². The largest absolute Gasteiger partial charge is 0.423 e. The molecule has 2 rings (SSSR count). The number of hydrogen-bond acceptors (Lipinski definition) is 3. The van der Waals surface area contributed by atoms with Crippen molar-refractivity contribution in [3.05, 3.63) is 64.2 Å². The Bertz CT molecular complexity index is 689. The molecule has 0 spiro atoms. The van der Waals surface area contributed by atoms with Crippen LogP contribution in [-0.2, 0) is 6.42 Å². The van der Waals surface area contributed by atoms with Gasteiger partial charge in [0.2, 0.25) is 0 Å². The van der Waals surface area contributed by atoms with Gasteiger partial charge in [-0.1, -0.05) is 24.6 Å². The van der Waals surface area contributed by atoms with Gasteiger partial charge in [-0.2, -0.15) is 5.26 Å². The SMILES string of the molecule is CCc1cc(OC(=O)c2cccc(C#N)c2)ccc1Cl. The fourth-order valence-corrected chi connectivity index (χ4v) is 2.02. The van der Waals surface area contributed by atoms with Crippen molar-refractivity contribution in [2.24, 2.45) is 0 Å². The molecule has 4 heteroatoms. The van der Waals surface area contributed by atoms with Crippen LogP contribution in [0.1, 0.15) is 28.4 Å². The standard InChI is InChI=1S/C16H12ClNO2/c1-2-12-9-14(6-7-15(12)17)20-16(19)13-5-3-4-11(8-13)10-18/h3-9H,2H2,1H3. The molecule has 0 aliphatic heterocycles. The number of rotatable bonds is 3. The van der Waals surface area contributed by atoms with E-state index in [1.54, 1.807) is 36.4 Å². The van der Waals surface area contributed by atoms with E-state index in [-0.39, 0.29) is 0 Å². The minimum atomic E-state index is -0.494. The summed E-state index contributed by atoms with van der Waals surface area (Å²) >= 11 is 6.01. The highest BCUT2D eigenvalue weighted by atomic mass is 35.5. The lowest BCUT2D eigenvalue weighted by atomic mass is 10.1. The molecule has 100 valence electrons. The number of esters is 1. The van der Waals surface area contributed by atoms with Crippen molar-refractivity contribution >= 4 is 17.6 Å². The maximum absolute atomic E-state index is 12.0. The van der Waals surface area contributed by atoms with E-state index < -0.39 is 5.97 Å². The van der Waals surface area contributed by atoms with Crippen molar-refractivity contribution in [2.45, 2.75) is 13.3 Å². The Kier molecular flexibility index (Phi) is 4.39. The van der Waals surface area contributed by atoms with Crippen molar-refractivity contribution < 1.29 is 9.53 Å². The molecule has 0 aliphatic rings. The van der Waals surface area contributed by atoms with Crippen molar-refractivity contribution in [1.82, 2.24) is 0 Å². The molecule has 0 bridgehead atoms. The van der Waals surface area contributed by atoms with Crippen LogP contribution in [-0.4, -0.2) is 5.97 Å². The van der Waals surface area contributed by atoms with Crippen LogP contribution in [0.5, 0.6) is 5.75 Å². The molecule has 3 nitrogen and oxygen atoms in total. The van der Waals surface area contributed by atoms with Gasteiger partial charge in [-0.25, -0.2) is 4.79 Å². The van der Waals surface area contributed by atoms with Gasteiger partial charge in [0.1, 0.15) is 5.75 Å². The number of benzene rings is 2. The molecule has 0 saturated carbocycles. The summed E-state index contributed by atoms with van der Waals surface area (Å²) in [5.74, 6) is -0.0508. The van der Waals surface area contributed by atoms with Gasteiger partial charge in [-0.05, 0) is 48.4 Å². The van der Waals surface area contributed by atoms with E-state index in [0.717, 1.165) is 12.0 Å². The number of nitriles is 1. The third-order valence-corrected chi connectivity index (χ3v) is 3.20. The van der Waals surface area contributed by atoms with Gasteiger partial charge in [0.15, 0.2) is 0 Å². The molecule has 0 N–H and O–H groups in total. The predicted octanol–water partition coefficient (Wildman–Crippen LogP) is 3.99. The van der Waals surface area contributed by atoms with Crippen LogP contribution < -0.4 is 4.74 Å². The van der Waals surface area contributed by atoms with Crippen molar-refractivity contribution in [3.8, 4) is 11.8 Å². The Labute approximate surface area is 122 Å². The molecule has 0 saturated heterocycles. The van der Waals surface area contributed by atoms with E-state index in [1.165, 1.54) is 6.07 Å². The zero-order valence-corrected chi connectivity index (χ0v) is 11.6. The maximum atomic E-state index is 12.0. The molecule has 0 radical (unpaired) electrons. The Morgan fingerprint density at radius 2 is 2.10 bits per heavy atom. The lowest BCUT2D eigenvalue weighted by Gasteiger charge is -2.07. The first-order valence-corrected chi connectivity index (χ1v) is 6.52. The Morgan fingerprint density at radius 3 is 2.80 bits per heavy atom. The van der Waals surface area contributed by atoms with E-state index in [1.807, 2.05) is 13.0 Å². The second-order valence-corrected chi connectivity index (χ2v) is 4.60. The lowest BCUT2D eigenvalue weighted by molar-refractivity contribution is 0.0734. The van der Waals surface area contributed by atoms with Crippen LogP contribution in [0.4, 0.5) is 0 Å². The summed E-state index contributed by atoms with van der Waals surface area (Å²) in [6.45, 7) is 1.98. The Balaban J connectivity index is 2.21. The molecule has 0 aliphatic carbocycles. The van der Waals surface area contributed by atoms with Crippen molar-refractivity contribution in [1.29, 1.82) is 5.26 Å². The molecule has 0 heterocycles. The zero-order chi connectivity index (χ0) is 14.5. The molecule has 20 heavy (non-hydrogen) atoms. The van der Waals surface area contributed by atoms with Crippen LogP contribution in [0, 0.1) is 11.3 Å². The van der Waals surface area contributed by atoms with Crippen LogP contribution in [0.3, 0.4) is 0 Å². The molecule has 0 aromatic heterocycles. The number of aryl methyl sites for hydroxylation is 1. The van der Waals surface area contributed by atoms with E-state index in [0.29, 0.717) is 21.9 Å². The van der Waals surface area contributed by atoms with Crippen LogP contribution >= 0.6 is 11.6 Å². The molecule has 2 aromatic rings. The zero-order valence-electron chi connectivity index (χ0n) is 10.9. The van der Waals surface area contributed by atoms with Crippen LogP contribution in [0.15, 0.2) is 42.5 Å². The monoisotopic (exact) mass is 285 g/mol. The van der Waals surface area contributed by atoms with E-state index in [4.69, 9.17) is 21.6 Å². The van der Waals surface area contributed by atoms with Gasteiger partial charge >= 0.3 is 5.97 Å². The minimum Gasteiger partial charge on any atom is -0.423 e. The average Bonchev–Trinajstić information content (AvgIpc) is 2.49. The van der Waals surface area contributed by atoms with Gasteiger partial charge < -0.3 is 4.74 Å². The first-order valence-electron chi connectivity index (χ1n) is 6.15. The summed E-state index contributed by atoms with van der Waals surface area (Å²) in [5, 5.41) is 9.47. The Morgan fingerprint density at radius 1 is 1.30 bits per heavy atom. The second-order valence-electron chi connectivity index (χ2n) is 4.19. The summed E-state index contributed by atoms with van der Waals surface area (Å²) < 4.78 is 5.29. The normalized spacial score (nSPS) is 9.85. The summed E-state index contributed by atoms with van der Waals surface area (Å²) in [4.78, 5) is 12.0. The quantitative estimate of drug-likeness (QED) is 0.633. The van der Waals surface area contributed by atoms with Crippen LogP contribution in [0.2, 0.25) is 5.02 Å². The van der Waals surface area contributed by atoms with Gasteiger partial charge in [-0.3, -0.25) is 0 Å². The molecule has 0 atom stereocenters. The average molecular weight is 286 g/mol. The lowest BCUT2D eigenvalue weighted by Crippen LogP contribution is -2.08. The molecule has 0 fully saturated rings. The van der Waals surface area contributed by atoms with Crippen LogP contribution in [0.25, 0.3) is 0 Å². The molecular weight excluding hydrogens is 274 g/mol. The molecule has 0 amide bonds. The fourth-order valence-electron chi connectivity index (χ4n) is 1.77. The number of nitrogens with zero attached hydrogens (tertiary/aromatic N) is 1. The van der Waals surface area contributed by atoms with Crippen molar-refractivity contribution in [3.63, 3.8) is 0 Å². The first kappa shape index (κ1) is 14.1. The van der Waals surface area contributed by atoms with Crippen molar-refractivity contribution in [2.75, 3.05) is 0 Å². The van der Waals surface area contributed by atoms with Gasteiger partial charge in [0.05, 0.1) is 17.2 Å². The number of halogens is 1. The summed E-state index contributed by atoms with van der Waals surface area (Å²) in [7, 11) is 0. The topological polar surface area (TPSA) is 50.1 Å². The maximum Gasteiger partial charge on any atom is 0.343 e. The second kappa shape index (κ2) is 6.23. The molecular formula is C16H12ClNO2. The summed E-state index contributed by atoms with van der Waals surface area (Å²) in [6.07, 6.45) is 0.758. The number of hydrogen-bond donors (Lipinski definition) is 0. The smallest absolute Gasteiger partial charge is 0.343 e. The number of ether oxygens (including phenoxy) is 1. The third kappa shape index (κ3) is 3.17. The first-order chi connectivity index (χ1) is 9.63. The minimum absolute atomic E-state index is 0.344. The van der Waals surface area contributed by atoms with E-state index >= 15 is 0 Å². The number of carbonyl (C=O) groups is 1. The fraction of sp³-hybridized carbons (Fsp3) is 0.125. The highest BCUT2D eigenvalue weighted by molar-refractivity contribution is 6.31. The van der Waals surface area contributed by atoms with E-state index in [9.17, 15) is 4.79 Å². The highest BCUT2D eigenvalue weighted by Gasteiger charge is 2.10. The number of carbonyl (C=O) groups excluding carboxylic acids is 1. The summed E-state index contributed by atoms with van der Waals surface area (Å²) in [5.41, 5.74) is 1.68. The van der Waals surface area contributed by atoms with Gasteiger partial charge in [-0.15, -0.1) is 0 Å². The predicted molar refractivity (Wildman–Crippen MR) is 76.9 cm³/mol. The highest BCUT2D eigenvalue weighted by Crippen LogP contribution is 2.23. The molecule has 0 unspecified atom stereocenters. The van der Waals surface area contributed by atoms with Gasteiger partial charge in [0.25, 0.3) is 0 Å². The van der Waals surface area contributed by atoms with Gasteiger partial charge in [0, 0.05) is 5.02 Å². The Hall–Kier alpha value is -2.31.